The average molecular weight is 466 g/mol. The molecule has 2 aromatic carbocycles. The summed E-state index contributed by atoms with van der Waals surface area (Å²) in [6, 6.07) is 13.0. The van der Waals surface area contributed by atoms with E-state index in [1.165, 1.54) is 0 Å². The number of aromatic nitrogens is 2. The van der Waals surface area contributed by atoms with E-state index in [0.717, 1.165) is 37.5 Å². The second kappa shape index (κ2) is 10.1. The van der Waals surface area contributed by atoms with Crippen LogP contribution in [-0.4, -0.2) is 72.5 Å². The SMILES string of the molecule is COc1ccc(-c2noc(CN3CCN(CCC(=O)Nc4ccc5c(c4)OCO5)CC3)n2)cc1. The Morgan fingerprint density at radius 2 is 1.79 bits per heavy atom. The van der Waals surface area contributed by atoms with Crippen molar-refractivity contribution in [1.29, 1.82) is 0 Å². The quantitative estimate of drug-likeness (QED) is 0.538. The first-order valence-electron chi connectivity index (χ1n) is 11.3. The molecular formula is C24H27N5O5. The Hall–Kier alpha value is -3.63. The van der Waals surface area contributed by atoms with Gasteiger partial charge < -0.3 is 29.0 Å². The minimum Gasteiger partial charge on any atom is -0.497 e. The Morgan fingerprint density at radius 3 is 2.59 bits per heavy atom. The fraction of sp³-hybridized carbons (Fsp3) is 0.375. The Bertz CT molecular complexity index is 1130. The third-order valence-corrected chi connectivity index (χ3v) is 5.95. The molecule has 1 N–H and O–H groups in total. The van der Waals surface area contributed by atoms with Gasteiger partial charge in [0.05, 0.1) is 13.7 Å². The van der Waals surface area contributed by atoms with Gasteiger partial charge in [0, 0.05) is 56.5 Å². The van der Waals surface area contributed by atoms with Crippen LogP contribution in [0.15, 0.2) is 47.0 Å². The number of hydrogen-bond donors (Lipinski definition) is 1. The Balaban J connectivity index is 1.04. The van der Waals surface area contributed by atoms with E-state index in [1.807, 2.05) is 30.3 Å². The molecule has 1 amide bonds. The van der Waals surface area contributed by atoms with Crippen LogP contribution in [0.2, 0.25) is 0 Å². The fourth-order valence-corrected chi connectivity index (χ4v) is 4.00. The molecule has 0 atom stereocenters. The number of fused-ring (bicyclic) bond motifs is 1. The van der Waals surface area contributed by atoms with Crippen molar-refractivity contribution >= 4 is 11.6 Å². The van der Waals surface area contributed by atoms with Gasteiger partial charge in [-0.15, -0.1) is 0 Å². The summed E-state index contributed by atoms with van der Waals surface area (Å²) in [7, 11) is 1.64. The van der Waals surface area contributed by atoms with Crippen LogP contribution in [0.1, 0.15) is 12.3 Å². The second-order valence-electron chi connectivity index (χ2n) is 8.22. The zero-order valence-electron chi connectivity index (χ0n) is 19.0. The zero-order chi connectivity index (χ0) is 23.3. The number of nitrogens with one attached hydrogen (secondary N) is 1. The summed E-state index contributed by atoms with van der Waals surface area (Å²) >= 11 is 0. The number of ether oxygens (including phenoxy) is 3. The Kier molecular flexibility index (Phi) is 6.59. The molecule has 0 aliphatic carbocycles. The van der Waals surface area contributed by atoms with Gasteiger partial charge in [-0.25, -0.2) is 0 Å². The monoisotopic (exact) mass is 465 g/mol. The summed E-state index contributed by atoms with van der Waals surface area (Å²) in [5.41, 5.74) is 1.60. The maximum atomic E-state index is 12.4. The summed E-state index contributed by atoms with van der Waals surface area (Å²) in [6.07, 6.45) is 0.434. The molecule has 178 valence electrons. The smallest absolute Gasteiger partial charge is 0.241 e. The number of methoxy groups -OCH3 is 1. The van der Waals surface area contributed by atoms with Crippen LogP contribution in [0.25, 0.3) is 11.4 Å². The van der Waals surface area contributed by atoms with Gasteiger partial charge in [0.2, 0.25) is 24.4 Å². The number of anilines is 1. The average Bonchev–Trinajstić information content (AvgIpc) is 3.53. The van der Waals surface area contributed by atoms with Crippen LogP contribution in [0.3, 0.4) is 0 Å². The molecule has 2 aliphatic rings. The highest BCUT2D eigenvalue weighted by atomic mass is 16.7. The number of piperazine rings is 1. The van der Waals surface area contributed by atoms with E-state index in [-0.39, 0.29) is 12.7 Å². The molecule has 3 heterocycles. The molecule has 5 rings (SSSR count). The minimum absolute atomic E-state index is 0.0155. The topological polar surface area (TPSA) is 102 Å². The summed E-state index contributed by atoms with van der Waals surface area (Å²) in [5, 5.41) is 7.03. The normalized spacial score (nSPS) is 15.9. The highest BCUT2D eigenvalue weighted by Crippen LogP contribution is 2.34. The van der Waals surface area contributed by atoms with Crippen molar-refractivity contribution in [3.63, 3.8) is 0 Å². The lowest BCUT2D eigenvalue weighted by Gasteiger charge is -2.33. The molecular weight excluding hydrogens is 438 g/mol. The number of carbonyl (C=O) groups excluding carboxylic acids is 1. The van der Waals surface area contributed by atoms with Crippen LogP contribution in [0.4, 0.5) is 5.69 Å². The molecule has 10 heteroatoms. The highest BCUT2D eigenvalue weighted by Gasteiger charge is 2.20. The molecule has 0 unspecified atom stereocenters. The number of nitrogens with zero attached hydrogens (tertiary/aromatic N) is 4. The number of hydrogen-bond acceptors (Lipinski definition) is 9. The molecule has 10 nitrogen and oxygen atoms in total. The predicted octanol–water partition coefficient (Wildman–Crippen LogP) is 2.62. The lowest BCUT2D eigenvalue weighted by Crippen LogP contribution is -2.46. The predicted molar refractivity (Wildman–Crippen MR) is 124 cm³/mol. The van der Waals surface area contributed by atoms with Crippen molar-refractivity contribution in [2.24, 2.45) is 0 Å². The molecule has 0 spiro atoms. The van der Waals surface area contributed by atoms with Gasteiger partial charge >= 0.3 is 0 Å². The van der Waals surface area contributed by atoms with Gasteiger partial charge in [-0.3, -0.25) is 9.69 Å². The first kappa shape index (κ1) is 22.2. The fourth-order valence-electron chi connectivity index (χ4n) is 4.00. The van der Waals surface area contributed by atoms with Gasteiger partial charge in [-0.2, -0.15) is 4.98 Å². The highest BCUT2D eigenvalue weighted by molar-refractivity contribution is 5.91. The summed E-state index contributed by atoms with van der Waals surface area (Å²) in [4.78, 5) is 21.5. The van der Waals surface area contributed by atoms with Gasteiger partial charge in [0.15, 0.2) is 11.5 Å². The van der Waals surface area contributed by atoms with Crippen LogP contribution < -0.4 is 19.5 Å². The van der Waals surface area contributed by atoms with Crippen molar-refractivity contribution in [2.45, 2.75) is 13.0 Å². The van der Waals surface area contributed by atoms with E-state index in [0.29, 0.717) is 48.4 Å². The summed E-state index contributed by atoms with van der Waals surface area (Å²) in [5.74, 6) is 3.31. The molecule has 34 heavy (non-hydrogen) atoms. The molecule has 1 fully saturated rings. The maximum Gasteiger partial charge on any atom is 0.241 e. The van der Waals surface area contributed by atoms with Crippen molar-refractivity contribution in [2.75, 3.05) is 51.9 Å². The zero-order valence-corrected chi connectivity index (χ0v) is 19.0. The van der Waals surface area contributed by atoms with E-state index >= 15 is 0 Å². The Labute approximate surface area is 197 Å². The summed E-state index contributed by atoms with van der Waals surface area (Å²) < 4.78 is 21.3. The lowest BCUT2D eigenvalue weighted by atomic mass is 10.2. The van der Waals surface area contributed by atoms with Crippen LogP contribution in [0.5, 0.6) is 17.2 Å². The molecule has 2 aliphatic heterocycles. The van der Waals surface area contributed by atoms with Gasteiger partial charge in [0.25, 0.3) is 0 Å². The van der Waals surface area contributed by atoms with E-state index in [4.69, 9.17) is 18.7 Å². The van der Waals surface area contributed by atoms with E-state index < -0.39 is 0 Å². The second-order valence-corrected chi connectivity index (χ2v) is 8.22. The largest absolute Gasteiger partial charge is 0.497 e. The molecule has 0 bridgehead atoms. The lowest BCUT2D eigenvalue weighted by molar-refractivity contribution is -0.116. The third kappa shape index (κ3) is 5.29. The van der Waals surface area contributed by atoms with Crippen molar-refractivity contribution in [3.05, 3.63) is 48.4 Å². The standard InChI is InChI=1S/C24H27N5O5/c1-31-19-5-2-17(3-6-19)24-26-23(34-27-24)15-29-12-10-28(11-13-29)9-8-22(30)25-18-4-7-20-21(14-18)33-16-32-20/h2-7,14H,8-13,15-16H2,1H3,(H,25,30). The molecule has 0 radical (unpaired) electrons. The number of amides is 1. The molecule has 1 saturated heterocycles. The summed E-state index contributed by atoms with van der Waals surface area (Å²) in [6.45, 7) is 5.07. The van der Waals surface area contributed by atoms with Gasteiger partial charge in [-0.1, -0.05) is 5.16 Å². The van der Waals surface area contributed by atoms with Crippen LogP contribution in [-0.2, 0) is 11.3 Å². The number of benzene rings is 2. The van der Waals surface area contributed by atoms with E-state index in [1.54, 1.807) is 19.2 Å². The molecule has 0 saturated carbocycles. The third-order valence-electron chi connectivity index (χ3n) is 5.95. The molecule has 3 aromatic rings. The van der Waals surface area contributed by atoms with E-state index in [9.17, 15) is 4.79 Å². The van der Waals surface area contributed by atoms with Gasteiger partial charge in [-0.05, 0) is 36.4 Å². The minimum atomic E-state index is -0.0155. The van der Waals surface area contributed by atoms with Crippen LogP contribution in [0, 0.1) is 0 Å². The van der Waals surface area contributed by atoms with Crippen LogP contribution >= 0.6 is 0 Å². The number of rotatable bonds is 8. The van der Waals surface area contributed by atoms with Crippen molar-refractivity contribution in [3.8, 4) is 28.6 Å². The Morgan fingerprint density at radius 1 is 1.03 bits per heavy atom. The molecule has 1 aromatic heterocycles. The maximum absolute atomic E-state index is 12.4. The first-order valence-corrected chi connectivity index (χ1v) is 11.3. The van der Waals surface area contributed by atoms with Gasteiger partial charge in [0.1, 0.15) is 5.75 Å². The first-order chi connectivity index (χ1) is 16.7. The van der Waals surface area contributed by atoms with Crippen molar-refractivity contribution in [1.82, 2.24) is 19.9 Å². The number of carbonyl (C=O) groups is 1. The van der Waals surface area contributed by atoms with Crippen molar-refractivity contribution < 1.29 is 23.5 Å². The van der Waals surface area contributed by atoms with E-state index in [2.05, 4.69) is 25.3 Å².